The van der Waals surface area contributed by atoms with E-state index in [9.17, 15) is 4.79 Å². The van der Waals surface area contributed by atoms with Gasteiger partial charge in [-0.1, -0.05) is 6.92 Å². The fourth-order valence-corrected chi connectivity index (χ4v) is 0.799. The Bertz CT molecular complexity index is 317. The first-order valence-corrected chi connectivity index (χ1v) is 3.81. The number of aryl methyl sites for hydroxylation is 1. The third-order valence-corrected chi connectivity index (χ3v) is 1.54. The van der Waals surface area contributed by atoms with E-state index < -0.39 is 0 Å². The summed E-state index contributed by atoms with van der Waals surface area (Å²) in [6.45, 7) is 1.89. The van der Waals surface area contributed by atoms with Crippen molar-refractivity contribution in [3.63, 3.8) is 0 Å². The highest BCUT2D eigenvalue weighted by atomic mass is 16.4. The van der Waals surface area contributed by atoms with Crippen LogP contribution in [0.3, 0.4) is 0 Å². The first-order chi connectivity index (χ1) is 5.65. The number of hydrogen-bond donors (Lipinski definition) is 0. The van der Waals surface area contributed by atoms with Crippen molar-refractivity contribution in [1.82, 2.24) is 4.98 Å². The molecule has 0 aliphatic heterocycles. The molecule has 66 valence electrons. The molecular weight excluding hydrogens is 156 g/mol. The molecule has 1 aromatic heterocycles. The van der Waals surface area contributed by atoms with E-state index in [-0.39, 0.29) is 5.56 Å². The predicted octanol–water partition coefficient (Wildman–Crippen LogP) is 0.663. The van der Waals surface area contributed by atoms with Crippen molar-refractivity contribution >= 4 is 6.01 Å². The van der Waals surface area contributed by atoms with Crippen LogP contribution in [0.4, 0.5) is 6.01 Å². The molecule has 0 unspecified atom stereocenters. The molecule has 0 saturated heterocycles. The molecule has 4 nitrogen and oxygen atoms in total. The van der Waals surface area contributed by atoms with Gasteiger partial charge in [0.25, 0.3) is 11.6 Å². The Morgan fingerprint density at radius 2 is 2.25 bits per heavy atom. The van der Waals surface area contributed by atoms with Gasteiger partial charge in [0.2, 0.25) is 0 Å². The van der Waals surface area contributed by atoms with E-state index in [4.69, 9.17) is 4.42 Å². The topological polar surface area (TPSA) is 46.3 Å². The normalized spacial score (nSPS) is 9.92. The molecular formula is C8H12N2O2. The van der Waals surface area contributed by atoms with Crippen molar-refractivity contribution in [2.75, 3.05) is 19.0 Å². The van der Waals surface area contributed by atoms with Gasteiger partial charge in [-0.25, -0.2) is 0 Å². The van der Waals surface area contributed by atoms with Crippen LogP contribution in [0.15, 0.2) is 15.5 Å². The first-order valence-electron chi connectivity index (χ1n) is 3.81. The van der Waals surface area contributed by atoms with Gasteiger partial charge in [0, 0.05) is 14.1 Å². The van der Waals surface area contributed by atoms with Gasteiger partial charge >= 0.3 is 0 Å². The molecule has 0 saturated carbocycles. The van der Waals surface area contributed by atoms with E-state index in [1.807, 2.05) is 6.92 Å². The molecule has 0 radical (unpaired) electrons. The lowest BCUT2D eigenvalue weighted by molar-refractivity contribution is 0.516. The monoisotopic (exact) mass is 168 g/mol. The van der Waals surface area contributed by atoms with Crippen LogP contribution in [0.25, 0.3) is 0 Å². The lowest BCUT2D eigenvalue weighted by Crippen LogP contribution is -2.18. The zero-order valence-corrected chi connectivity index (χ0v) is 7.50. The van der Waals surface area contributed by atoms with Crippen LogP contribution in [-0.4, -0.2) is 19.1 Å². The first kappa shape index (κ1) is 8.77. The minimum absolute atomic E-state index is 0.201. The second-order valence-corrected chi connectivity index (χ2v) is 2.71. The summed E-state index contributed by atoms with van der Waals surface area (Å²) in [5.74, 6) is 0. The maximum Gasteiger partial charge on any atom is 0.299 e. The van der Waals surface area contributed by atoms with Crippen LogP contribution in [0.1, 0.15) is 12.5 Å². The molecule has 0 atom stereocenters. The zero-order valence-electron chi connectivity index (χ0n) is 7.50. The Hall–Kier alpha value is -1.32. The van der Waals surface area contributed by atoms with Gasteiger partial charge in [-0.2, -0.15) is 4.98 Å². The summed E-state index contributed by atoms with van der Waals surface area (Å²) in [4.78, 5) is 16.6. The van der Waals surface area contributed by atoms with E-state index in [2.05, 4.69) is 4.98 Å². The van der Waals surface area contributed by atoms with Gasteiger partial charge in [-0.05, 0) is 6.42 Å². The number of hydrogen-bond acceptors (Lipinski definition) is 4. The van der Waals surface area contributed by atoms with Crippen LogP contribution in [0, 0.1) is 0 Å². The van der Waals surface area contributed by atoms with Crippen LogP contribution < -0.4 is 10.5 Å². The fourth-order valence-electron chi connectivity index (χ4n) is 0.799. The summed E-state index contributed by atoms with van der Waals surface area (Å²) >= 11 is 0. The zero-order chi connectivity index (χ0) is 9.14. The molecule has 1 aromatic rings. The highest BCUT2D eigenvalue weighted by Gasteiger charge is 2.03. The van der Waals surface area contributed by atoms with Crippen LogP contribution >= 0.6 is 0 Å². The molecule has 0 N–H and O–H groups in total. The van der Waals surface area contributed by atoms with Crippen molar-refractivity contribution in [3.8, 4) is 0 Å². The lowest BCUT2D eigenvalue weighted by Gasteiger charge is -2.07. The molecule has 0 fully saturated rings. The number of rotatable bonds is 2. The Morgan fingerprint density at radius 1 is 1.58 bits per heavy atom. The molecule has 12 heavy (non-hydrogen) atoms. The molecule has 0 amide bonds. The van der Waals surface area contributed by atoms with Gasteiger partial charge in [-0.3, -0.25) is 4.79 Å². The summed E-state index contributed by atoms with van der Waals surface area (Å²) in [7, 11) is 3.55. The summed E-state index contributed by atoms with van der Waals surface area (Å²) < 4.78 is 5.11. The summed E-state index contributed by atoms with van der Waals surface area (Å²) in [6, 6.07) is 0.345. The average molecular weight is 168 g/mol. The Kier molecular flexibility index (Phi) is 2.47. The predicted molar refractivity (Wildman–Crippen MR) is 46.5 cm³/mol. The Morgan fingerprint density at radius 3 is 2.67 bits per heavy atom. The highest BCUT2D eigenvalue weighted by molar-refractivity contribution is 5.21. The second kappa shape index (κ2) is 3.38. The van der Waals surface area contributed by atoms with Crippen molar-refractivity contribution in [2.45, 2.75) is 13.3 Å². The maximum atomic E-state index is 11.2. The summed E-state index contributed by atoms with van der Waals surface area (Å²) in [6.07, 6.45) is 2.12. The number of nitrogens with zero attached hydrogens (tertiary/aromatic N) is 2. The van der Waals surface area contributed by atoms with Gasteiger partial charge < -0.3 is 9.32 Å². The SMILES string of the molecule is CCc1coc(N(C)C)nc1=O. The molecule has 0 aliphatic rings. The fraction of sp³-hybridized carbons (Fsp3) is 0.500. The number of aromatic nitrogens is 1. The van der Waals surface area contributed by atoms with E-state index in [0.29, 0.717) is 18.0 Å². The van der Waals surface area contributed by atoms with Crippen molar-refractivity contribution in [1.29, 1.82) is 0 Å². The quantitative estimate of drug-likeness (QED) is 0.651. The Labute approximate surface area is 70.8 Å². The van der Waals surface area contributed by atoms with Crippen molar-refractivity contribution < 1.29 is 4.42 Å². The molecule has 1 rings (SSSR count). The average Bonchev–Trinajstić information content (AvgIpc) is 2.04. The van der Waals surface area contributed by atoms with E-state index in [1.165, 1.54) is 6.26 Å². The van der Waals surface area contributed by atoms with Gasteiger partial charge in [0.05, 0.1) is 5.56 Å². The van der Waals surface area contributed by atoms with E-state index in [1.54, 1.807) is 19.0 Å². The minimum atomic E-state index is -0.201. The highest BCUT2D eigenvalue weighted by Crippen LogP contribution is 2.03. The Balaban J connectivity index is 3.11. The lowest BCUT2D eigenvalue weighted by atomic mass is 10.3. The van der Waals surface area contributed by atoms with Gasteiger partial charge in [-0.15, -0.1) is 0 Å². The molecule has 0 bridgehead atoms. The van der Waals surface area contributed by atoms with E-state index in [0.717, 1.165) is 0 Å². The third-order valence-electron chi connectivity index (χ3n) is 1.54. The van der Waals surface area contributed by atoms with Gasteiger partial charge in [0.1, 0.15) is 6.26 Å². The molecule has 0 spiro atoms. The molecule has 0 aromatic carbocycles. The number of anilines is 1. The molecule has 1 heterocycles. The maximum absolute atomic E-state index is 11.2. The molecule has 0 aliphatic carbocycles. The van der Waals surface area contributed by atoms with Crippen molar-refractivity contribution in [3.05, 3.63) is 22.2 Å². The largest absolute Gasteiger partial charge is 0.433 e. The van der Waals surface area contributed by atoms with E-state index >= 15 is 0 Å². The standard InChI is InChI=1S/C8H12N2O2/c1-4-6-5-12-8(10(2)3)9-7(6)11/h5H,4H2,1-3H3. The smallest absolute Gasteiger partial charge is 0.299 e. The summed E-state index contributed by atoms with van der Waals surface area (Å²) in [5.41, 5.74) is 0.410. The third kappa shape index (κ3) is 1.64. The second-order valence-electron chi connectivity index (χ2n) is 2.71. The van der Waals surface area contributed by atoms with Crippen molar-refractivity contribution in [2.24, 2.45) is 0 Å². The summed E-state index contributed by atoms with van der Waals surface area (Å²) in [5, 5.41) is 0. The van der Waals surface area contributed by atoms with Crippen LogP contribution in [-0.2, 0) is 6.42 Å². The van der Waals surface area contributed by atoms with Crippen LogP contribution in [0.2, 0.25) is 0 Å². The van der Waals surface area contributed by atoms with Gasteiger partial charge in [0.15, 0.2) is 0 Å². The minimum Gasteiger partial charge on any atom is -0.433 e. The van der Waals surface area contributed by atoms with Crippen LogP contribution in [0.5, 0.6) is 0 Å². The molecule has 4 heteroatoms.